The van der Waals surface area contributed by atoms with Gasteiger partial charge in [-0.2, -0.15) is 0 Å². The van der Waals surface area contributed by atoms with Gasteiger partial charge in [0.15, 0.2) is 0 Å². The van der Waals surface area contributed by atoms with Gasteiger partial charge in [0, 0.05) is 12.5 Å². The zero-order valence-electron chi connectivity index (χ0n) is 10.7. The fourth-order valence-corrected chi connectivity index (χ4v) is 2.68. The summed E-state index contributed by atoms with van der Waals surface area (Å²) >= 11 is 6.54. The molecule has 2 atom stereocenters. The third-order valence-corrected chi connectivity index (χ3v) is 4.14. The first kappa shape index (κ1) is 12.9. The number of hydrogen-bond acceptors (Lipinski definition) is 1. The molecule has 2 unspecified atom stereocenters. The maximum atomic E-state index is 6.54. The molecule has 0 radical (unpaired) electrons. The lowest BCUT2D eigenvalue weighted by molar-refractivity contribution is 0.0531. The molecule has 0 aliphatic carbocycles. The minimum Gasteiger partial charge on any atom is -0.381 e. The third kappa shape index (κ3) is 3.23. The summed E-state index contributed by atoms with van der Waals surface area (Å²) in [5.41, 5.74) is 2.60. The van der Waals surface area contributed by atoms with E-state index in [0.717, 1.165) is 19.6 Å². The highest BCUT2D eigenvalue weighted by atomic mass is 35.5. The minimum atomic E-state index is 0.0940. The van der Waals surface area contributed by atoms with E-state index in [1.807, 2.05) is 0 Å². The van der Waals surface area contributed by atoms with Crippen LogP contribution >= 0.6 is 11.6 Å². The Morgan fingerprint density at radius 3 is 2.35 bits per heavy atom. The Morgan fingerprint density at radius 1 is 1.18 bits per heavy atom. The van der Waals surface area contributed by atoms with Crippen LogP contribution < -0.4 is 0 Å². The Labute approximate surface area is 109 Å². The average molecular weight is 253 g/mol. The van der Waals surface area contributed by atoms with Crippen molar-refractivity contribution in [3.05, 3.63) is 35.4 Å². The van der Waals surface area contributed by atoms with Crippen molar-refractivity contribution in [3.8, 4) is 0 Å². The Hall–Kier alpha value is -0.530. The van der Waals surface area contributed by atoms with Crippen LogP contribution in [0.25, 0.3) is 0 Å². The first-order valence-corrected chi connectivity index (χ1v) is 6.94. The molecule has 1 fully saturated rings. The van der Waals surface area contributed by atoms with Crippen molar-refractivity contribution < 1.29 is 4.74 Å². The lowest BCUT2D eigenvalue weighted by Crippen LogP contribution is -2.21. The summed E-state index contributed by atoms with van der Waals surface area (Å²) in [5.74, 6) is 1.05. The van der Waals surface area contributed by atoms with Crippen molar-refractivity contribution in [2.45, 2.75) is 38.0 Å². The van der Waals surface area contributed by atoms with Crippen molar-refractivity contribution in [1.82, 2.24) is 0 Å². The Morgan fingerprint density at radius 2 is 1.82 bits per heavy atom. The molecular weight excluding hydrogens is 232 g/mol. The van der Waals surface area contributed by atoms with Gasteiger partial charge >= 0.3 is 0 Å². The second kappa shape index (κ2) is 5.88. The number of hydrogen-bond donors (Lipinski definition) is 0. The van der Waals surface area contributed by atoms with Crippen LogP contribution in [0.5, 0.6) is 0 Å². The first-order valence-electron chi connectivity index (χ1n) is 6.50. The fourth-order valence-electron chi connectivity index (χ4n) is 2.33. The van der Waals surface area contributed by atoms with Crippen LogP contribution in [-0.2, 0) is 4.74 Å². The molecule has 0 aromatic heterocycles. The van der Waals surface area contributed by atoms with Gasteiger partial charge in [-0.05, 0) is 29.9 Å². The summed E-state index contributed by atoms with van der Waals surface area (Å²) in [7, 11) is 0. The van der Waals surface area contributed by atoms with E-state index in [1.165, 1.54) is 17.5 Å². The first-order chi connectivity index (χ1) is 8.18. The largest absolute Gasteiger partial charge is 0.381 e. The van der Waals surface area contributed by atoms with E-state index in [1.54, 1.807) is 0 Å². The van der Waals surface area contributed by atoms with Crippen molar-refractivity contribution in [2.75, 3.05) is 13.2 Å². The van der Waals surface area contributed by atoms with Gasteiger partial charge in [-0.25, -0.2) is 0 Å². The second-order valence-electron chi connectivity index (χ2n) is 5.20. The SMILES string of the molecule is CC(C)c1ccc(C(Cl)C2CCCOC2)cc1. The summed E-state index contributed by atoms with van der Waals surface area (Å²) < 4.78 is 5.50. The van der Waals surface area contributed by atoms with Gasteiger partial charge in [0.1, 0.15) is 0 Å². The molecule has 94 valence electrons. The van der Waals surface area contributed by atoms with Gasteiger partial charge in [0.2, 0.25) is 0 Å². The highest BCUT2D eigenvalue weighted by Gasteiger charge is 2.23. The molecule has 0 saturated carbocycles. The zero-order chi connectivity index (χ0) is 12.3. The normalized spacial score (nSPS) is 22.7. The summed E-state index contributed by atoms with van der Waals surface area (Å²) in [4.78, 5) is 0. The molecule has 0 N–H and O–H groups in total. The van der Waals surface area contributed by atoms with E-state index in [-0.39, 0.29) is 5.38 Å². The molecule has 1 aromatic rings. The van der Waals surface area contributed by atoms with Crippen LogP contribution in [0.4, 0.5) is 0 Å². The van der Waals surface area contributed by atoms with Crippen LogP contribution in [0.3, 0.4) is 0 Å². The smallest absolute Gasteiger partial charge is 0.0635 e. The van der Waals surface area contributed by atoms with Crippen LogP contribution in [0.1, 0.15) is 49.1 Å². The number of alkyl halides is 1. The number of rotatable bonds is 3. The van der Waals surface area contributed by atoms with Gasteiger partial charge in [-0.3, -0.25) is 0 Å². The topological polar surface area (TPSA) is 9.23 Å². The zero-order valence-corrected chi connectivity index (χ0v) is 11.4. The number of benzene rings is 1. The molecule has 1 nitrogen and oxygen atoms in total. The molecule has 0 amide bonds. The van der Waals surface area contributed by atoms with Gasteiger partial charge in [0.25, 0.3) is 0 Å². The number of halogens is 1. The highest BCUT2D eigenvalue weighted by molar-refractivity contribution is 6.21. The molecule has 0 bridgehead atoms. The maximum absolute atomic E-state index is 6.54. The van der Waals surface area contributed by atoms with Crippen LogP contribution in [0.15, 0.2) is 24.3 Å². The van der Waals surface area contributed by atoms with E-state index < -0.39 is 0 Å². The lowest BCUT2D eigenvalue weighted by Gasteiger charge is -2.26. The lowest BCUT2D eigenvalue weighted by atomic mass is 9.92. The van der Waals surface area contributed by atoms with E-state index in [4.69, 9.17) is 16.3 Å². The summed E-state index contributed by atoms with van der Waals surface area (Å²) in [6.07, 6.45) is 2.32. The van der Waals surface area contributed by atoms with Gasteiger partial charge in [0.05, 0.1) is 12.0 Å². The van der Waals surface area contributed by atoms with Crippen molar-refractivity contribution in [2.24, 2.45) is 5.92 Å². The van der Waals surface area contributed by atoms with Crippen molar-refractivity contribution in [1.29, 1.82) is 0 Å². The molecule has 1 aliphatic heterocycles. The predicted octanol–water partition coefficient (Wildman–Crippen LogP) is 4.52. The molecule has 1 saturated heterocycles. The van der Waals surface area contributed by atoms with Gasteiger partial charge < -0.3 is 4.74 Å². The predicted molar refractivity (Wildman–Crippen MR) is 72.7 cm³/mol. The monoisotopic (exact) mass is 252 g/mol. The van der Waals surface area contributed by atoms with E-state index in [0.29, 0.717) is 11.8 Å². The van der Waals surface area contributed by atoms with Gasteiger partial charge in [-0.15, -0.1) is 11.6 Å². The van der Waals surface area contributed by atoms with E-state index in [2.05, 4.69) is 38.1 Å². The average Bonchev–Trinajstić information content (AvgIpc) is 2.39. The molecular formula is C15H21ClO. The summed E-state index contributed by atoms with van der Waals surface area (Å²) in [6.45, 7) is 6.12. The summed E-state index contributed by atoms with van der Waals surface area (Å²) in [6, 6.07) is 8.72. The van der Waals surface area contributed by atoms with Crippen LogP contribution in [-0.4, -0.2) is 13.2 Å². The van der Waals surface area contributed by atoms with Gasteiger partial charge in [-0.1, -0.05) is 38.1 Å². The molecule has 2 heteroatoms. The fraction of sp³-hybridized carbons (Fsp3) is 0.600. The third-order valence-electron chi connectivity index (χ3n) is 3.53. The van der Waals surface area contributed by atoms with Crippen LogP contribution in [0.2, 0.25) is 0 Å². The van der Waals surface area contributed by atoms with Crippen molar-refractivity contribution in [3.63, 3.8) is 0 Å². The Balaban J connectivity index is 2.05. The highest BCUT2D eigenvalue weighted by Crippen LogP contribution is 2.34. The Bertz CT molecular complexity index is 338. The molecule has 1 heterocycles. The molecule has 17 heavy (non-hydrogen) atoms. The number of ether oxygens (including phenoxy) is 1. The quantitative estimate of drug-likeness (QED) is 0.719. The van der Waals surface area contributed by atoms with E-state index in [9.17, 15) is 0 Å². The van der Waals surface area contributed by atoms with E-state index >= 15 is 0 Å². The van der Waals surface area contributed by atoms with Crippen LogP contribution in [0, 0.1) is 5.92 Å². The van der Waals surface area contributed by atoms with Crippen molar-refractivity contribution >= 4 is 11.6 Å². The molecule has 1 aliphatic rings. The standard InChI is InChI=1S/C15H21ClO/c1-11(2)12-5-7-13(8-6-12)15(16)14-4-3-9-17-10-14/h5-8,11,14-15H,3-4,9-10H2,1-2H3. The second-order valence-corrected chi connectivity index (χ2v) is 5.67. The maximum Gasteiger partial charge on any atom is 0.0635 e. The molecule has 1 aromatic carbocycles. The minimum absolute atomic E-state index is 0.0940. The summed E-state index contributed by atoms with van der Waals surface area (Å²) in [5, 5.41) is 0.0940. The molecule has 2 rings (SSSR count). The molecule has 0 spiro atoms. The Kier molecular flexibility index (Phi) is 4.47.